The van der Waals surface area contributed by atoms with Gasteiger partial charge in [-0.3, -0.25) is 14.8 Å². The fourth-order valence-corrected chi connectivity index (χ4v) is 8.94. The van der Waals surface area contributed by atoms with E-state index in [0.717, 1.165) is 102 Å². The van der Waals surface area contributed by atoms with Gasteiger partial charge in [-0.15, -0.1) is 0 Å². The van der Waals surface area contributed by atoms with Crippen LogP contribution in [0.4, 0.5) is 0 Å². The quantitative estimate of drug-likeness (QED) is 0.0335. The van der Waals surface area contributed by atoms with Gasteiger partial charge in [-0.05, 0) is 159 Å². The largest absolute Gasteiger partial charge is 0.508 e. The lowest BCUT2D eigenvalue weighted by Gasteiger charge is -2.20. The number of nitrogens with two attached hydrogens (primary N) is 5. The molecular formula is C78H109N9O4. The molecule has 2 aliphatic heterocycles. The number of aliphatic imine (C=N–C) groups is 2. The molecule has 2 aliphatic rings. The molecule has 0 aromatic heterocycles. The minimum atomic E-state index is -0.558. The van der Waals surface area contributed by atoms with Crippen LogP contribution in [0.3, 0.4) is 0 Å². The number of carbonyl (C=O) groups is 1. The van der Waals surface area contributed by atoms with Crippen LogP contribution in [0.1, 0.15) is 98.9 Å². The molecule has 10 rings (SSSR count). The number of benzene rings is 8. The van der Waals surface area contributed by atoms with Crippen molar-refractivity contribution in [3.8, 4) is 5.75 Å². The predicted octanol–water partition coefficient (Wildman–Crippen LogP) is 13.0. The van der Waals surface area contributed by atoms with Crippen molar-refractivity contribution in [1.29, 1.82) is 0 Å². The second-order valence-corrected chi connectivity index (χ2v) is 23.0. The van der Waals surface area contributed by atoms with Crippen LogP contribution < -0.4 is 34.0 Å². The molecule has 13 heteroatoms. The van der Waals surface area contributed by atoms with Crippen LogP contribution in [0, 0.1) is 11.8 Å². The summed E-state index contributed by atoms with van der Waals surface area (Å²) >= 11 is 0. The number of esters is 1. The van der Waals surface area contributed by atoms with Crippen LogP contribution in [0.2, 0.25) is 0 Å². The summed E-state index contributed by atoms with van der Waals surface area (Å²) in [6.45, 7) is 18.3. The molecule has 0 bridgehead atoms. The minimum Gasteiger partial charge on any atom is -0.508 e. The first-order chi connectivity index (χ1) is 44.2. The van der Waals surface area contributed by atoms with Gasteiger partial charge in [-0.2, -0.15) is 0 Å². The van der Waals surface area contributed by atoms with Crippen LogP contribution in [0.5, 0.6) is 5.75 Å². The molecule has 0 spiro atoms. The maximum atomic E-state index is 11.2. The van der Waals surface area contributed by atoms with E-state index in [1.807, 2.05) is 72.8 Å². The van der Waals surface area contributed by atoms with E-state index in [1.165, 1.54) is 62.7 Å². The number of amidine groups is 1. The van der Waals surface area contributed by atoms with Gasteiger partial charge in [0.15, 0.2) is 0 Å². The van der Waals surface area contributed by atoms with E-state index in [-0.39, 0.29) is 12.1 Å². The standard InChI is InChI=1S/C17H21NO.C14H14N2.C11H15NO2.C11H13N.C8H11NO.C8H11N.C5H13N.C4H11N/c1-18(2)13-14-19-17(15-9-5-3-6-10-15)16-11-7-4-8-12-16;1-2-7-13-11(4-1)5-3-6-12(13)10-14-15-8-9-16-14;1-2-14-11(13)10(12)8-9-6-4-3-5-7-9;1-2-5-10(6-3-1)9-11-7-4-8-12-11;9-6-5-7-1-3-8(10)4-2-7;9-7-6-8-4-2-1-3-5-8;1-5(2)3-4-6;1-4(2)3-5/h3-12,17H,13-14H2,1-2H3;1-7H,8-10H2,(H,15,16);3-7,10H,2,8,12H2,1H3;1-3,5-6H,4,7-9H2;1-4,10H,5-6,9H2;1-5H,6-7,9H2;5H,3-4,6H2,1-2H3;4H,3,5H2,1-2H3/t;;10-;;;;;/m..0...../s1. The van der Waals surface area contributed by atoms with Crippen molar-refractivity contribution < 1.29 is 19.4 Å². The predicted molar refractivity (Wildman–Crippen MR) is 386 cm³/mol. The average Bonchev–Trinajstić information content (AvgIpc) is 2.03. The zero-order valence-corrected chi connectivity index (χ0v) is 55.7. The molecule has 1 atom stereocenters. The van der Waals surface area contributed by atoms with Crippen LogP contribution in [0.15, 0.2) is 228 Å². The zero-order valence-electron chi connectivity index (χ0n) is 55.7. The van der Waals surface area contributed by atoms with E-state index in [4.69, 9.17) is 43.2 Å². The Morgan fingerprint density at radius 3 is 1.55 bits per heavy atom. The third-order valence-corrected chi connectivity index (χ3v) is 14.0. The van der Waals surface area contributed by atoms with Crippen molar-refractivity contribution in [3.63, 3.8) is 0 Å². The van der Waals surface area contributed by atoms with Crippen molar-refractivity contribution in [2.75, 3.05) is 79.7 Å². The smallest absolute Gasteiger partial charge is 0.323 e. The lowest BCUT2D eigenvalue weighted by molar-refractivity contribution is -0.144. The van der Waals surface area contributed by atoms with E-state index < -0.39 is 6.04 Å². The molecule has 490 valence electrons. The van der Waals surface area contributed by atoms with Gasteiger partial charge < -0.3 is 53.5 Å². The molecular weight excluding hydrogens is 1130 g/mol. The summed E-state index contributed by atoms with van der Waals surface area (Å²) in [6, 6.07) is 72.8. The highest BCUT2D eigenvalue weighted by Gasteiger charge is 2.16. The number of nitrogens with zero attached hydrogens (tertiary/aromatic N) is 3. The summed E-state index contributed by atoms with van der Waals surface area (Å²) in [7, 11) is 4.12. The Morgan fingerprint density at radius 1 is 0.582 bits per heavy atom. The van der Waals surface area contributed by atoms with Gasteiger partial charge in [0.05, 0.1) is 19.8 Å². The second-order valence-electron chi connectivity index (χ2n) is 23.0. The van der Waals surface area contributed by atoms with Gasteiger partial charge in [0, 0.05) is 38.2 Å². The third kappa shape index (κ3) is 36.0. The molecule has 0 aliphatic carbocycles. The Bertz CT molecular complexity index is 3070. The summed E-state index contributed by atoms with van der Waals surface area (Å²) in [6.07, 6.45) is 7.99. The fraction of sp³-hybridized carbons (Fsp3) is 0.372. The number of rotatable bonds is 21. The van der Waals surface area contributed by atoms with E-state index in [1.54, 1.807) is 19.1 Å². The van der Waals surface area contributed by atoms with Gasteiger partial charge >= 0.3 is 5.97 Å². The Labute approximate surface area is 546 Å². The number of likely N-dealkylation sites (N-methyl/N-ethyl adjacent to an activating group) is 1. The lowest BCUT2D eigenvalue weighted by Crippen LogP contribution is -2.34. The third-order valence-electron chi connectivity index (χ3n) is 14.0. The normalized spacial score (nSPS) is 12.1. The monoisotopic (exact) mass is 1240 g/mol. The Hall–Kier alpha value is -7.85. The molecule has 0 fully saturated rings. The first-order valence-electron chi connectivity index (χ1n) is 32.4. The molecule has 0 saturated heterocycles. The highest BCUT2D eigenvalue weighted by atomic mass is 16.5. The van der Waals surface area contributed by atoms with Crippen molar-refractivity contribution >= 4 is 28.3 Å². The van der Waals surface area contributed by atoms with Gasteiger partial charge in [0.25, 0.3) is 0 Å². The highest BCUT2D eigenvalue weighted by Crippen LogP contribution is 2.26. The maximum absolute atomic E-state index is 11.2. The van der Waals surface area contributed by atoms with E-state index in [9.17, 15) is 4.79 Å². The molecule has 0 amide bonds. The summed E-state index contributed by atoms with van der Waals surface area (Å²) < 4.78 is 10.9. The summed E-state index contributed by atoms with van der Waals surface area (Å²) in [4.78, 5) is 22.2. The summed E-state index contributed by atoms with van der Waals surface area (Å²) in [5.41, 5.74) is 36.8. The number of aromatic hydroxyl groups is 1. The Morgan fingerprint density at radius 2 is 1.09 bits per heavy atom. The van der Waals surface area contributed by atoms with E-state index >= 15 is 0 Å². The summed E-state index contributed by atoms with van der Waals surface area (Å²) in [5.74, 6) is 2.53. The van der Waals surface area contributed by atoms with E-state index in [2.05, 4.69) is 195 Å². The molecule has 91 heavy (non-hydrogen) atoms. The average molecular weight is 1240 g/mol. The molecule has 8 aromatic carbocycles. The highest BCUT2D eigenvalue weighted by molar-refractivity contribution is 5.92. The van der Waals surface area contributed by atoms with Gasteiger partial charge in [0.1, 0.15) is 23.7 Å². The first-order valence-corrected chi connectivity index (χ1v) is 32.4. The van der Waals surface area contributed by atoms with Gasteiger partial charge in [-0.25, -0.2) is 0 Å². The second kappa shape index (κ2) is 48.9. The van der Waals surface area contributed by atoms with Crippen molar-refractivity contribution in [1.82, 2.24) is 10.2 Å². The van der Waals surface area contributed by atoms with Gasteiger partial charge in [0.2, 0.25) is 0 Å². The van der Waals surface area contributed by atoms with Crippen molar-refractivity contribution in [2.24, 2.45) is 50.5 Å². The topological polar surface area (TPSA) is 226 Å². The number of nitrogens with one attached hydrogen (secondary N) is 1. The van der Waals surface area contributed by atoms with Crippen LogP contribution >= 0.6 is 0 Å². The fourth-order valence-electron chi connectivity index (χ4n) is 8.94. The van der Waals surface area contributed by atoms with E-state index in [0.29, 0.717) is 31.2 Å². The van der Waals surface area contributed by atoms with Crippen molar-refractivity contribution in [3.05, 3.63) is 257 Å². The molecule has 0 saturated carbocycles. The number of hydrogen-bond acceptors (Lipinski definition) is 13. The number of fused-ring (bicyclic) bond motifs is 1. The maximum Gasteiger partial charge on any atom is 0.323 e. The van der Waals surface area contributed by atoms with Crippen LogP contribution in [-0.4, -0.2) is 113 Å². The number of carbonyl (C=O) groups excluding carboxylic acids is 1. The number of phenols is 1. The van der Waals surface area contributed by atoms with Gasteiger partial charge in [-0.1, -0.05) is 234 Å². The number of ether oxygens (including phenoxy) is 2. The molecule has 13 nitrogen and oxygen atoms in total. The first kappa shape index (κ1) is 77.4. The lowest BCUT2D eigenvalue weighted by atomic mass is 10.0. The SMILES string of the molecule is CC(C)CCN.CC(C)CN.CCOC(=O)[C@@H](N)Cc1ccccc1.CN(C)CCOC(c1ccccc1)c1ccccc1.NCCc1ccc(O)cc1.NCCc1ccccc1.c1ccc(CC2=NCCC2)cc1.c1ccc2c(CC3=NCCN3)cccc2c1. The zero-order chi connectivity index (χ0) is 66.1. The number of hydrogen-bond donors (Lipinski definition) is 7. The summed E-state index contributed by atoms with van der Waals surface area (Å²) in [5, 5.41) is 14.9. The Balaban J connectivity index is 0.000000280. The van der Waals surface area contributed by atoms with Crippen LogP contribution in [-0.2, 0) is 46.4 Å². The van der Waals surface area contributed by atoms with Crippen molar-refractivity contribution in [2.45, 2.75) is 98.1 Å². The number of phenolic OH excluding ortho intramolecular Hbond substituents is 1. The molecule has 0 radical (unpaired) electrons. The minimum absolute atomic E-state index is 0.0161. The molecule has 8 aromatic rings. The molecule has 0 unspecified atom stereocenters. The Kier molecular flexibility index (Phi) is 41.6. The molecule has 12 N–H and O–H groups in total. The van der Waals surface area contributed by atoms with Crippen LogP contribution in [0.25, 0.3) is 10.8 Å². The molecule has 2 heterocycles.